The van der Waals surface area contributed by atoms with Gasteiger partial charge in [-0.1, -0.05) is 0 Å². The van der Waals surface area contributed by atoms with Crippen molar-refractivity contribution in [1.29, 1.82) is 0 Å². The average Bonchev–Trinajstić information content (AvgIpc) is 2.45. The van der Waals surface area contributed by atoms with Crippen LogP contribution in [-0.4, -0.2) is 37.0 Å². The van der Waals surface area contributed by atoms with Crippen molar-refractivity contribution in [2.75, 3.05) is 24.4 Å². The van der Waals surface area contributed by atoms with Gasteiger partial charge >= 0.3 is 5.97 Å². The van der Waals surface area contributed by atoms with E-state index < -0.39 is 12.0 Å². The minimum atomic E-state index is -0.526. The van der Waals surface area contributed by atoms with Gasteiger partial charge in [-0.2, -0.15) is 11.8 Å². The summed E-state index contributed by atoms with van der Waals surface area (Å²) in [4.78, 5) is 23.3. The van der Waals surface area contributed by atoms with Gasteiger partial charge in [0, 0.05) is 5.69 Å². The third-order valence-electron chi connectivity index (χ3n) is 2.88. The van der Waals surface area contributed by atoms with E-state index in [2.05, 4.69) is 10.1 Å². The lowest BCUT2D eigenvalue weighted by Gasteiger charge is -2.13. The molecule has 0 spiro atoms. The molecule has 0 saturated heterocycles. The van der Waals surface area contributed by atoms with Gasteiger partial charge in [-0.25, -0.2) is 4.79 Å². The normalized spacial score (nSPS) is 11.8. The number of thioether (sulfide) groups is 1. The Balaban J connectivity index is 2.73. The first kappa shape index (κ1) is 16.5. The lowest BCUT2D eigenvalue weighted by Crippen LogP contribution is -2.36. The van der Waals surface area contributed by atoms with Crippen molar-refractivity contribution in [3.8, 4) is 0 Å². The van der Waals surface area contributed by atoms with E-state index in [0.29, 0.717) is 17.7 Å². The third-order valence-corrected chi connectivity index (χ3v) is 3.52. The third kappa shape index (κ3) is 4.54. The molecule has 0 aromatic heterocycles. The highest BCUT2D eigenvalue weighted by molar-refractivity contribution is 7.98. The highest BCUT2D eigenvalue weighted by atomic mass is 32.2. The predicted molar refractivity (Wildman–Crippen MR) is 82.1 cm³/mol. The van der Waals surface area contributed by atoms with Gasteiger partial charge in [0.1, 0.15) is 0 Å². The Bertz CT molecular complexity index is 491. The molecule has 0 aliphatic heterocycles. The fourth-order valence-corrected chi connectivity index (χ4v) is 2.14. The first-order valence-electron chi connectivity index (χ1n) is 6.24. The van der Waals surface area contributed by atoms with Gasteiger partial charge in [0.25, 0.3) is 0 Å². The van der Waals surface area contributed by atoms with E-state index in [1.807, 2.05) is 13.2 Å². The van der Waals surface area contributed by atoms with Gasteiger partial charge in [0.2, 0.25) is 5.91 Å². The average molecular weight is 296 g/mol. The summed E-state index contributed by atoms with van der Waals surface area (Å²) in [7, 11) is 1.33. The summed E-state index contributed by atoms with van der Waals surface area (Å²) in [5, 5.41) is 2.78. The number of amides is 1. The lowest BCUT2D eigenvalue weighted by atomic mass is 10.1. The number of esters is 1. The summed E-state index contributed by atoms with van der Waals surface area (Å²) in [6, 6.07) is 4.44. The standard InChI is InChI=1S/C14H20N2O3S/c1-9-8-10(14(18)19-2)4-5-12(9)16-13(17)11(15)6-7-20-3/h4-5,8,11H,6-7,15H2,1-3H3,(H,16,17)/t11-/m1/s1. The van der Waals surface area contributed by atoms with Crippen molar-refractivity contribution in [2.45, 2.75) is 19.4 Å². The Hall–Kier alpha value is -1.53. The van der Waals surface area contributed by atoms with Crippen LogP contribution in [0, 0.1) is 6.92 Å². The molecular formula is C14H20N2O3S. The zero-order chi connectivity index (χ0) is 15.1. The Labute approximate surface area is 123 Å². The van der Waals surface area contributed by atoms with Crippen LogP contribution in [0.1, 0.15) is 22.3 Å². The topological polar surface area (TPSA) is 81.4 Å². The van der Waals surface area contributed by atoms with E-state index in [9.17, 15) is 9.59 Å². The van der Waals surface area contributed by atoms with Crippen LogP contribution in [0.15, 0.2) is 18.2 Å². The SMILES string of the molecule is COC(=O)c1ccc(NC(=O)[C@H](N)CCSC)c(C)c1. The number of ether oxygens (including phenoxy) is 1. The van der Waals surface area contributed by atoms with Crippen LogP contribution in [0.4, 0.5) is 5.69 Å². The van der Waals surface area contributed by atoms with Crippen LogP contribution in [0.3, 0.4) is 0 Å². The van der Waals surface area contributed by atoms with E-state index in [-0.39, 0.29) is 5.91 Å². The molecule has 1 atom stereocenters. The summed E-state index contributed by atoms with van der Waals surface area (Å²) < 4.78 is 4.65. The first-order valence-corrected chi connectivity index (χ1v) is 7.63. The van der Waals surface area contributed by atoms with Gasteiger partial charge in [0.05, 0.1) is 18.7 Å². The quantitative estimate of drug-likeness (QED) is 0.782. The minimum absolute atomic E-state index is 0.215. The summed E-state index contributed by atoms with van der Waals surface area (Å²) in [5.41, 5.74) is 7.70. The highest BCUT2D eigenvalue weighted by Crippen LogP contribution is 2.17. The Morgan fingerprint density at radius 3 is 2.70 bits per heavy atom. The number of nitrogens with two attached hydrogens (primary N) is 1. The Morgan fingerprint density at radius 2 is 2.15 bits per heavy atom. The number of benzene rings is 1. The second-order valence-electron chi connectivity index (χ2n) is 4.40. The molecular weight excluding hydrogens is 276 g/mol. The Morgan fingerprint density at radius 1 is 1.45 bits per heavy atom. The number of rotatable bonds is 6. The maximum absolute atomic E-state index is 11.9. The van der Waals surface area contributed by atoms with Gasteiger partial charge in [-0.15, -0.1) is 0 Å². The number of carbonyl (C=O) groups excluding carboxylic acids is 2. The molecule has 0 radical (unpaired) electrons. The van der Waals surface area contributed by atoms with Crippen molar-refractivity contribution in [3.63, 3.8) is 0 Å². The molecule has 1 aromatic carbocycles. The first-order chi connectivity index (χ1) is 9.49. The molecule has 20 heavy (non-hydrogen) atoms. The summed E-state index contributed by atoms with van der Waals surface area (Å²) in [6.45, 7) is 1.81. The number of anilines is 1. The van der Waals surface area contributed by atoms with Crippen LogP contribution in [0.5, 0.6) is 0 Å². The fraction of sp³-hybridized carbons (Fsp3) is 0.429. The molecule has 0 aliphatic rings. The van der Waals surface area contributed by atoms with E-state index >= 15 is 0 Å². The minimum Gasteiger partial charge on any atom is -0.465 e. The van der Waals surface area contributed by atoms with Crippen LogP contribution >= 0.6 is 11.8 Å². The Kier molecular flexibility index (Phi) is 6.54. The summed E-state index contributed by atoms with van der Waals surface area (Å²) in [5.74, 6) is 0.227. The van der Waals surface area contributed by atoms with Crippen LogP contribution < -0.4 is 11.1 Å². The van der Waals surface area contributed by atoms with Crippen molar-refractivity contribution in [2.24, 2.45) is 5.73 Å². The second kappa shape index (κ2) is 7.91. The largest absolute Gasteiger partial charge is 0.465 e. The smallest absolute Gasteiger partial charge is 0.337 e. The van der Waals surface area contributed by atoms with E-state index in [1.165, 1.54) is 7.11 Å². The maximum Gasteiger partial charge on any atom is 0.337 e. The summed E-state index contributed by atoms with van der Waals surface area (Å²) in [6.07, 6.45) is 2.60. The van der Waals surface area contributed by atoms with Gasteiger partial charge in [-0.05, 0) is 49.1 Å². The van der Waals surface area contributed by atoms with Gasteiger partial charge in [0.15, 0.2) is 0 Å². The number of hydrogen-bond acceptors (Lipinski definition) is 5. The molecule has 1 amide bonds. The molecule has 0 fully saturated rings. The van der Waals surface area contributed by atoms with Crippen molar-refractivity contribution in [1.82, 2.24) is 0 Å². The molecule has 0 bridgehead atoms. The van der Waals surface area contributed by atoms with Crippen molar-refractivity contribution in [3.05, 3.63) is 29.3 Å². The summed E-state index contributed by atoms with van der Waals surface area (Å²) >= 11 is 1.65. The molecule has 5 nitrogen and oxygen atoms in total. The molecule has 3 N–H and O–H groups in total. The zero-order valence-electron chi connectivity index (χ0n) is 11.9. The predicted octanol–water partition coefficient (Wildman–Crippen LogP) is 1.80. The van der Waals surface area contributed by atoms with Gasteiger partial charge < -0.3 is 15.8 Å². The van der Waals surface area contributed by atoms with Crippen molar-refractivity contribution < 1.29 is 14.3 Å². The van der Waals surface area contributed by atoms with Crippen molar-refractivity contribution >= 4 is 29.3 Å². The second-order valence-corrected chi connectivity index (χ2v) is 5.38. The fourth-order valence-electron chi connectivity index (χ4n) is 1.65. The monoisotopic (exact) mass is 296 g/mol. The highest BCUT2D eigenvalue weighted by Gasteiger charge is 2.15. The van der Waals surface area contributed by atoms with Crippen LogP contribution in [-0.2, 0) is 9.53 Å². The number of hydrogen-bond donors (Lipinski definition) is 2. The number of aryl methyl sites for hydroxylation is 1. The molecule has 1 aromatic rings. The molecule has 0 aliphatic carbocycles. The molecule has 6 heteroatoms. The number of methoxy groups -OCH3 is 1. The number of nitrogens with one attached hydrogen (secondary N) is 1. The maximum atomic E-state index is 11.9. The zero-order valence-corrected chi connectivity index (χ0v) is 12.8. The molecule has 110 valence electrons. The van der Waals surface area contributed by atoms with E-state index in [4.69, 9.17) is 5.73 Å². The molecule has 1 rings (SSSR count). The van der Waals surface area contributed by atoms with E-state index in [1.54, 1.807) is 30.0 Å². The lowest BCUT2D eigenvalue weighted by molar-refractivity contribution is -0.117. The molecule has 0 heterocycles. The van der Waals surface area contributed by atoms with Crippen LogP contribution in [0.25, 0.3) is 0 Å². The van der Waals surface area contributed by atoms with Crippen LogP contribution in [0.2, 0.25) is 0 Å². The van der Waals surface area contributed by atoms with Gasteiger partial charge in [-0.3, -0.25) is 4.79 Å². The van der Waals surface area contributed by atoms with E-state index in [0.717, 1.165) is 11.3 Å². The number of carbonyl (C=O) groups is 2. The molecule has 0 unspecified atom stereocenters. The molecule has 0 saturated carbocycles.